The van der Waals surface area contributed by atoms with Crippen LogP contribution in [0.1, 0.15) is 60.4 Å². The second-order valence-electron chi connectivity index (χ2n) is 9.18. The van der Waals surface area contributed by atoms with Crippen LogP contribution < -0.4 is 15.0 Å². The molecule has 0 unspecified atom stereocenters. The number of aromatic carboxylic acids is 1. The first-order chi connectivity index (χ1) is 18.2. The van der Waals surface area contributed by atoms with Crippen LogP contribution in [0.4, 0.5) is 5.69 Å². The molecular weight excluding hydrogens is 510 g/mol. The standard InChI is InChI=1S/C26H27N5O6S/c1-3-37-21-12-11-18(30-38(35,36)19-10-6-9-17(13-19)26(33)34)14-20(21)23-28-25(32)22-15(2)27-24(31(22)29-23)16-7-4-5-8-16/h6,9-14,16,30H,3-5,7-8H2,1-2H3,(H,33,34)(H,28,29,32). The lowest BCUT2D eigenvalue weighted by Gasteiger charge is -2.14. The van der Waals surface area contributed by atoms with Gasteiger partial charge in [-0.25, -0.2) is 22.7 Å². The lowest BCUT2D eigenvalue weighted by Crippen LogP contribution is -2.17. The van der Waals surface area contributed by atoms with E-state index >= 15 is 0 Å². The summed E-state index contributed by atoms with van der Waals surface area (Å²) < 4.78 is 35.9. The Labute approximate surface area is 218 Å². The molecule has 1 saturated carbocycles. The molecule has 198 valence electrons. The SMILES string of the molecule is CCOc1ccc(NS(=O)(=O)c2cccc(C(=O)O)c2)cc1-c1nn2c(C3CCCC3)nc(C)c2c(=O)[nH]1. The highest BCUT2D eigenvalue weighted by Gasteiger charge is 2.25. The van der Waals surface area contributed by atoms with Crippen LogP contribution in [0.25, 0.3) is 16.9 Å². The second-order valence-corrected chi connectivity index (χ2v) is 10.9. The van der Waals surface area contributed by atoms with Crippen molar-refractivity contribution in [2.75, 3.05) is 11.3 Å². The summed E-state index contributed by atoms with van der Waals surface area (Å²) in [5.74, 6) is 0.337. The molecule has 0 amide bonds. The number of fused-ring (bicyclic) bond motifs is 1. The van der Waals surface area contributed by atoms with Gasteiger partial charge >= 0.3 is 5.97 Å². The molecule has 1 fully saturated rings. The summed E-state index contributed by atoms with van der Waals surface area (Å²) in [6.45, 7) is 3.93. The van der Waals surface area contributed by atoms with Crippen LogP contribution in [-0.2, 0) is 10.0 Å². The fraction of sp³-hybridized carbons (Fsp3) is 0.308. The largest absolute Gasteiger partial charge is 0.493 e. The summed E-state index contributed by atoms with van der Waals surface area (Å²) in [7, 11) is -4.11. The van der Waals surface area contributed by atoms with E-state index in [-0.39, 0.29) is 33.4 Å². The molecule has 1 aliphatic rings. The number of carboxylic acid groups (broad SMARTS) is 1. The topological polar surface area (TPSA) is 156 Å². The Balaban J connectivity index is 1.59. The number of rotatable bonds is 8. The Hall–Kier alpha value is -4.19. The highest BCUT2D eigenvalue weighted by Crippen LogP contribution is 2.35. The van der Waals surface area contributed by atoms with Crippen LogP contribution in [0.15, 0.2) is 52.2 Å². The van der Waals surface area contributed by atoms with Crippen molar-refractivity contribution in [2.24, 2.45) is 0 Å². The Bertz CT molecular complexity index is 1700. The molecule has 11 nitrogen and oxygen atoms in total. The third kappa shape index (κ3) is 4.74. The van der Waals surface area contributed by atoms with E-state index in [4.69, 9.17) is 9.84 Å². The number of hydrogen-bond acceptors (Lipinski definition) is 7. The molecule has 0 bridgehead atoms. The van der Waals surface area contributed by atoms with Gasteiger partial charge in [0.15, 0.2) is 11.3 Å². The number of nitrogens with one attached hydrogen (secondary N) is 2. The lowest BCUT2D eigenvalue weighted by atomic mass is 10.1. The zero-order valence-electron chi connectivity index (χ0n) is 20.9. The maximum atomic E-state index is 13.1. The molecule has 2 aromatic heterocycles. The van der Waals surface area contributed by atoms with Gasteiger partial charge in [-0.1, -0.05) is 18.9 Å². The summed E-state index contributed by atoms with van der Waals surface area (Å²) >= 11 is 0. The van der Waals surface area contributed by atoms with E-state index in [9.17, 15) is 23.1 Å². The number of aryl methyl sites for hydroxylation is 1. The molecule has 2 aromatic carbocycles. The third-order valence-electron chi connectivity index (χ3n) is 6.60. The van der Waals surface area contributed by atoms with Gasteiger partial charge in [0.1, 0.15) is 11.6 Å². The van der Waals surface area contributed by atoms with Crippen molar-refractivity contribution in [2.45, 2.75) is 50.3 Å². The van der Waals surface area contributed by atoms with Crippen molar-refractivity contribution >= 4 is 27.2 Å². The van der Waals surface area contributed by atoms with E-state index in [2.05, 4.69) is 14.7 Å². The first-order valence-corrected chi connectivity index (χ1v) is 13.8. The summed E-state index contributed by atoms with van der Waals surface area (Å²) in [5.41, 5.74) is 1.04. The number of H-pyrrole nitrogens is 1. The van der Waals surface area contributed by atoms with Gasteiger partial charge in [0.05, 0.1) is 28.3 Å². The van der Waals surface area contributed by atoms with Crippen LogP contribution in [0.5, 0.6) is 5.75 Å². The molecular formula is C26H27N5O6S. The number of sulfonamides is 1. The molecule has 1 aliphatic carbocycles. The van der Waals surface area contributed by atoms with E-state index in [0.29, 0.717) is 29.1 Å². The van der Waals surface area contributed by atoms with Crippen molar-refractivity contribution in [3.05, 3.63) is 69.9 Å². The number of carboxylic acids is 1. The predicted octanol–water partition coefficient (Wildman–Crippen LogP) is 3.95. The Morgan fingerprint density at radius 2 is 1.97 bits per heavy atom. The first-order valence-electron chi connectivity index (χ1n) is 12.3. The molecule has 0 aliphatic heterocycles. The van der Waals surface area contributed by atoms with Crippen molar-refractivity contribution in [3.8, 4) is 17.1 Å². The fourth-order valence-corrected chi connectivity index (χ4v) is 5.93. The number of hydrogen-bond donors (Lipinski definition) is 3. The number of ether oxygens (including phenoxy) is 1. The van der Waals surface area contributed by atoms with E-state index in [1.807, 2.05) is 6.92 Å². The van der Waals surface area contributed by atoms with Gasteiger partial charge in [-0.05, 0) is 63.1 Å². The molecule has 2 heterocycles. The molecule has 12 heteroatoms. The highest BCUT2D eigenvalue weighted by molar-refractivity contribution is 7.92. The third-order valence-corrected chi connectivity index (χ3v) is 7.98. The normalized spacial score (nSPS) is 14.2. The van der Waals surface area contributed by atoms with Gasteiger partial charge < -0.3 is 14.8 Å². The number of nitrogens with zero attached hydrogens (tertiary/aromatic N) is 3. The molecule has 0 atom stereocenters. The summed E-state index contributed by atoms with van der Waals surface area (Å²) in [4.78, 5) is 31.7. The molecule has 3 N–H and O–H groups in total. The van der Waals surface area contributed by atoms with E-state index in [0.717, 1.165) is 37.6 Å². The summed E-state index contributed by atoms with van der Waals surface area (Å²) in [6.07, 6.45) is 4.15. The summed E-state index contributed by atoms with van der Waals surface area (Å²) in [5, 5.41) is 13.9. The first kappa shape index (κ1) is 25.5. The van der Waals surface area contributed by atoms with Crippen LogP contribution >= 0.6 is 0 Å². The molecule has 38 heavy (non-hydrogen) atoms. The van der Waals surface area contributed by atoms with Crippen molar-refractivity contribution in [1.82, 2.24) is 19.6 Å². The Morgan fingerprint density at radius 3 is 2.68 bits per heavy atom. The maximum Gasteiger partial charge on any atom is 0.335 e. The van der Waals surface area contributed by atoms with E-state index in [1.54, 1.807) is 17.5 Å². The quantitative estimate of drug-likeness (QED) is 0.305. The van der Waals surface area contributed by atoms with Gasteiger partial charge in [-0.15, -0.1) is 5.10 Å². The van der Waals surface area contributed by atoms with Crippen LogP contribution in [0.3, 0.4) is 0 Å². The molecule has 0 radical (unpaired) electrons. The van der Waals surface area contributed by atoms with Crippen molar-refractivity contribution in [3.63, 3.8) is 0 Å². The van der Waals surface area contributed by atoms with Crippen molar-refractivity contribution in [1.29, 1.82) is 0 Å². The zero-order valence-corrected chi connectivity index (χ0v) is 21.7. The smallest absolute Gasteiger partial charge is 0.335 e. The molecule has 4 aromatic rings. The highest BCUT2D eigenvalue weighted by atomic mass is 32.2. The van der Waals surface area contributed by atoms with Crippen LogP contribution in [0.2, 0.25) is 0 Å². The lowest BCUT2D eigenvalue weighted by molar-refractivity contribution is 0.0696. The number of benzene rings is 2. The monoisotopic (exact) mass is 537 g/mol. The van der Waals surface area contributed by atoms with E-state index < -0.39 is 16.0 Å². The Kier molecular flexibility index (Phi) is 6.66. The molecule has 5 rings (SSSR count). The van der Waals surface area contributed by atoms with Gasteiger partial charge in [-0.2, -0.15) is 0 Å². The molecule has 0 saturated heterocycles. The Morgan fingerprint density at radius 1 is 1.21 bits per heavy atom. The average molecular weight is 538 g/mol. The van der Waals surface area contributed by atoms with Gasteiger partial charge in [0.2, 0.25) is 0 Å². The number of imidazole rings is 1. The maximum absolute atomic E-state index is 13.1. The molecule has 0 spiro atoms. The minimum Gasteiger partial charge on any atom is -0.493 e. The predicted molar refractivity (Wildman–Crippen MR) is 140 cm³/mol. The summed E-state index contributed by atoms with van der Waals surface area (Å²) in [6, 6.07) is 9.70. The average Bonchev–Trinajstić information content (AvgIpc) is 3.53. The fourth-order valence-electron chi connectivity index (χ4n) is 4.83. The second kappa shape index (κ2) is 9.93. The number of anilines is 1. The number of aromatic nitrogens is 4. The number of aromatic amines is 1. The van der Waals surface area contributed by atoms with Gasteiger partial charge in [0, 0.05) is 11.6 Å². The van der Waals surface area contributed by atoms with Crippen LogP contribution in [0, 0.1) is 6.92 Å². The minimum absolute atomic E-state index is 0.149. The van der Waals surface area contributed by atoms with E-state index in [1.165, 1.54) is 30.3 Å². The van der Waals surface area contributed by atoms with Gasteiger partial charge in [-0.3, -0.25) is 9.52 Å². The zero-order chi connectivity index (χ0) is 27.0. The van der Waals surface area contributed by atoms with Gasteiger partial charge in [0.25, 0.3) is 15.6 Å². The minimum atomic E-state index is -4.11. The van der Waals surface area contributed by atoms with Crippen LogP contribution in [-0.4, -0.2) is 45.7 Å². The van der Waals surface area contributed by atoms with Crippen molar-refractivity contribution < 1.29 is 23.1 Å². The number of carbonyl (C=O) groups is 1.